The van der Waals surface area contributed by atoms with E-state index in [2.05, 4.69) is 0 Å². The Kier molecular flexibility index (Phi) is 4.93. The molecule has 0 aromatic heterocycles. The average Bonchev–Trinajstić information content (AvgIpc) is 3.02. The number of alkyl halides is 2. The zero-order valence-corrected chi connectivity index (χ0v) is 15.8. The maximum atomic E-state index is 14.7. The number of hydrogen-bond donors (Lipinski definition) is 0. The van der Waals surface area contributed by atoms with Crippen molar-refractivity contribution in [2.45, 2.75) is 24.8 Å². The van der Waals surface area contributed by atoms with Crippen LogP contribution in [0.3, 0.4) is 0 Å². The molecule has 2 nitrogen and oxygen atoms in total. The number of hydrogen-bond acceptors (Lipinski definition) is 2. The van der Waals surface area contributed by atoms with Crippen molar-refractivity contribution in [2.75, 3.05) is 0 Å². The third-order valence-electron chi connectivity index (χ3n) is 4.87. The highest BCUT2D eigenvalue weighted by atomic mass is 35.5. The summed E-state index contributed by atoms with van der Waals surface area (Å²) >= 11 is 12.0. The van der Waals surface area contributed by atoms with Gasteiger partial charge in [0.25, 0.3) is 0 Å². The molecule has 1 unspecified atom stereocenters. The summed E-state index contributed by atoms with van der Waals surface area (Å²) in [5.74, 6) is -8.39. The predicted octanol–water partition coefficient (Wildman–Crippen LogP) is 5.78. The summed E-state index contributed by atoms with van der Waals surface area (Å²) < 4.78 is 60.4. The van der Waals surface area contributed by atoms with Crippen molar-refractivity contribution in [3.8, 4) is 11.1 Å². The van der Waals surface area contributed by atoms with Crippen molar-refractivity contribution < 1.29 is 27.1 Å². The summed E-state index contributed by atoms with van der Waals surface area (Å²) in [4.78, 5) is 12.1. The van der Waals surface area contributed by atoms with Crippen molar-refractivity contribution in [3.63, 3.8) is 0 Å². The largest absolute Gasteiger partial charge is 0.460 e. The number of esters is 1. The molecule has 27 heavy (non-hydrogen) atoms. The van der Waals surface area contributed by atoms with Gasteiger partial charge in [-0.05, 0) is 5.56 Å². The Labute approximate surface area is 163 Å². The van der Waals surface area contributed by atoms with Crippen molar-refractivity contribution >= 4 is 29.2 Å². The van der Waals surface area contributed by atoms with Crippen LogP contribution in [-0.4, -0.2) is 10.3 Å². The van der Waals surface area contributed by atoms with Crippen LogP contribution >= 0.6 is 23.2 Å². The molecule has 1 aliphatic rings. The number of ether oxygens (including phenoxy) is 1. The van der Waals surface area contributed by atoms with Gasteiger partial charge in [-0.2, -0.15) is 0 Å². The lowest BCUT2D eigenvalue weighted by atomic mass is 10.0. The quantitative estimate of drug-likeness (QED) is 0.206. The molecule has 1 saturated carbocycles. The summed E-state index contributed by atoms with van der Waals surface area (Å²) in [6, 6.07) is 7.27. The summed E-state index contributed by atoms with van der Waals surface area (Å²) in [7, 11) is 0. The molecule has 1 atom stereocenters. The van der Waals surface area contributed by atoms with Crippen molar-refractivity contribution in [2.24, 2.45) is 11.3 Å². The van der Waals surface area contributed by atoms with E-state index in [0.29, 0.717) is 0 Å². The van der Waals surface area contributed by atoms with Crippen LogP contribution in [0.4, 0.5) is 17.6 Å². The second-order valence-corrected chi connectivity index (χ2v) is 8.25. The topological polar surface area (TPSA) is 26.3 Å². The minimum atomic E-state index is -1.85. The minimum absolute atomic E-state index is 0.0165. The number of carbonyl (C=O) groups excluding carboxylic acids is 1. The first-order chi connectivity index (χ1) is 12.5. The minimum Gasteiger partial charge on any atom is -0.460 e. The summed E-state index contributed by atoms with van der Waals surface area (Å²) in [5, 5.41) is 0. The Morgan fingerprint density at radius 1 is 1.00 bits per heavy atom. The molecule has 0 heterocycles. The van der Waals surface area contributed by atoms with E-state index in [1.54, 1.807) is 19.9 Å². The Morgan fingerprint density at radius 2 is 1.56 bits per heavy atom. The van der Waals surface area contributed by atoms with Crippen LogP contribution in [0.25, 0.3) is 11.1 Å². The lowest BCUT2D eigenvalue weighted by molar-refractivity contribution is -0.147. The normalized spacial score (nSPS) is 19.6. The molecule has 0 amide bonds. The first-order valence-electron chi connectivity index (χ1n) is 7.96. The zero-order valence-electron chi connectivity index (χ0n) is 14.3. The van der Waals surface area contributed by atoms with Gasteiger partial charge in [0.05, 0.1) is 17.0 Å². The molecule has 8 heteroatoms. The molecule has 144 valence electrons. The Hall–Kier alpha value is -1.79. The summed E-state index contributed by atoms with van der Waals surface area (Å²) in [6.07, 6.45) is 0. The molecule has 0 saturated heterocycles. The van der Waals surface area contributed by atoms with Crippen LogP contribution in [0.5, 0.6) is 0 Å². The van der Waals surface area contributed by atoms with Gasteiger partial charge in [0.1, 0.15) is 16.8 Å². The van der Waals surface area contributed by atoms with Gasteiger partial charge < -0.3 is 4.74 Å². The smallest absolute Gasteiger partial charge is 0.313 e. The fourth-order valence-electron chi connectivity index (χ4n) is 2.99. The molecule has 0 aliphatic heterocycles. The molecule has 0 N–H and O–H groups in total. The Morgan fingerprint density at radius 3 is 2.07 bits per heavy atom. The van der Waals surface area contributed by atoms with Gasteiger partial charge in [0.15, 0.2) is 17.5 Å². The molecular formula is C19H14Cl2F4O2. The van der Waals surface area contributed by atoms with Gasteiger partial charge in [-0.1, -0.05) is 44.2 Å². The van der Waals surface area contributed by atoms with Crippen LogP contribution in [-0.2, 0) is 16.1 Å². The van der Waals surface area contributed by atoms with Crippen molar-refractivity contribution in [1.82, 2.24) is 0 Å². The molecule has 3 rings (SSSR count). The highest BCUT2D eigenvalue weighted by Crippen LogP contribution is 2.69. The van der Waals surface area contributed by atoms with Gasteiger partial charge >= 0.3 is 5.97 Å². The van der Waals surface area contributed by atoms with Crippen LogP contribution in [0.2, 0.25) is 0 Å². The van der Waals surface area contributed by atoms with E-state index < -0.39 is 62.6 Å². The van der Waals surface area contributed by atoms with E-state index in [0.717, 1.165) is 0 Å². The molecule has 1 aliphatic carbocycles. The number of carbonyl (C=O) groups is 1. The first-order valence-corrected chi connectivity index (χ1v) is 8.72. The Balaban J connectivity index is 1.93. The second-order valence-electron chi connectivity index (χ2n) is 6.86. The maximum absolute atomic E-state index is 14.7. The molecule has 1 fully saturated rings. The third kappa shape index (κ3) is 3.09. The van der Waals surface area contributed by atoms with E-state index >= 15 is 0 Å². The monoisotopic (exact) mass is 420 g/mol. The SMILES string of the molecule is CC1(C)C(C(=O)OCc2c(F)c(F)c(F)c(-c3ccccc3)c2F)C1(Cl)Cl. The predicted molar refractivity (Wildman–Crippen MR) is 93.2 cm³/mol. The van der Waals surface area contributed by atoms with E-state index in [9.17, 15) is 22.4 Å². The molecule has 0 radical (unpaired) electrons. The number of benzene rings is 2. The van der Waals surface area contributed by atoms with Crippen LogP contribution in [0, 0.1) is 34.6 Å². The van der Waals surface area contributed by atoms with Crippen molar-refractivity contribution in [1.29, 1.82) is 0 Å². The van der Waals surface area contributed by atoms with Gasteiger partial charge in [-0.25, -0.2) is 17.6 Å². The maximum Gasteiger partial charge on any atom is 0.313 e. The van der Waals surface area contributed by atoms with Crippen molar-refractivity contribution in [3.05, 3.63) is 59.2 Å². The molecule has 0 spiro atoms. The third-order valence-corrected chi connectivity index (χ3v) is 6.28. The average molecular weight is 421 g/mol. The Bertz CT molecular complexity index is 900. The number of halogens is 6. The fraction of sp³-hybridized carbons (Fsp3) is 0.316. The van der Waals surface area contributed by atoms with Gasteiger partial charge in [-0.15, -0.1) is 23.2 Å². The van der Waals surface area contributed by atoms with Crippen LogP contribution in [0.15, 0.2) is 30.3 Å². The standard InChI is InChI=1S/C19H14Cl2F4O2/c1-18(2)16(19(18,20)21)17(26)27-8-10-12(22)11(9-6-4-3-5-7-9)14(24)15(25)13(10)23/h3-7,16H,8H2,1-2H3. The van der Waals surface area contributed by atoms with Gasteiger partial charge in [0.2, 0.25) is 0 Å². The van der Waals surface area contributed by atoms with Gasteiger partial charge in [0, 0.05) is 5.41 Å². The summed E-state index contributed by atoms with van der Waals surface area (Å²) in [5.41, 5.74) is -2.40. The number of rotatable bonds is 4. The summed E-state index contributed by atoms with van der Waals surface area (Å²) in [6.45, 7) is 2.33. The lowest BCUT2D eigenvalue weighted by Crippen LogP contribution is -2.14. The van der Waals surface area contributed by atoms with Gasteiger partial charge in [-0.3, -0.25) is 4.79 Å². The molecule has 2 aromatic rings. The fourth-order valence-corrected chi connectivity index (χ4v) is 3.83. The van der Waals surface area contributed by atoms with E-state index in [1.165, 1.54) is 24.3 Å². The van der Waals surface area contributed by atoms with E-state index in [4.69, 9.17) is 27.9 Å². The molecular weight excluding hydrogens is 407 g/mol. The van der Waals surface area contributed by atoms with Crippen LogP contribution in [0.1, 0.15) is 19.4 Å². The first kappa shape index (κ1) is 20.0. The zero-order chi connectivity index (χ0) is 20.1. The molecule has 2 aromatic carbocycles. The van der Waals surface area contributed by atoms with Crippen LogP contribution < -0.4 is 0 Å². The highest BCUT2D eigenvalue weighted by molar-refractivity contribution is 6.53. The van der Waals surface area contributed by atoms with E-state index in [1.807, 2.05) is 0 Å². The molecule has 0 bridgehead atoms. The highest BCUT2D eigenvalue weighted by Gasteiger charge is 2.74. The van der Waals surface area contributed by atoms with E-state index in [-0.39, 0.29) is 5.56 Å². The second kappa shape index (κ2) is 6.67. The lowest BCUT2D eigenvalue weighted by Gasteiger charge is -2.13.